The van der Waals surface area contributed by atoms with Crippen LogP contribution in [0.2, 0.25) is 0 Å². The lowest BCUT2D eigenvalue weighted by Crippen LogP contribution is -2.28. The van der Waals surface area contributed by atoms with Crippen molar-refractivity contribution in [3.63, 3.8) is 0 Å². The standard InChI is InChI=1S/C17H17IN2O4S/c1-19-8-12-6-14(2-4-16(12)23-10-19)25(21,22)15-3-5-17-13(7-15)9-20(18)11-24-17/h2-7H,8-11H2,1H3. The van der Waals surface area contributed by atoms with Gasteiger partial charge in [-0.15, -0.1) is 0 Å². The first-order chi connectivity index (χ1) is 11.9. The summed E-state index contributed by atoms with van der Waals surface area (Å²) in [4.78, 5) is 2.56. The van der Waals surface area contributed by atoms with Gasteiger partial charge in [0.05, 0.1) is 9.79 Å². The second-order valence-corrected chi connectivity index (χ2v) is 9.54. The molecule has 4 rings (SSSR count). The van der Waals surface area contributed by atoms with Crippen LogP contribution in [0.4, 0.5) is 0 Å². The predicted molar refractivity (Wildman–Crippen MR) is 100 cm³/mol. The molecule has 2 aliphatic heterocycles. The molecular weight excluding hydrogens is 455 g/mol. The van der Waals surface area contributed by atoms with Gasteiger partial charge in [-0.05, 0) is 43.4 Å². The van der Waals surface area contributed by atoms with Gasteiger partial charge in [0.25, 0.3) is 0 Å². The van der Waals surface area contributed by atoms with E-state index in [1.165, 1.54) is 0 Å². The second-order valence-electron chi connectivity index (χ2n) is 6.22. The smallest absolute Gasteiger partial charge is 0.206 e. The molecule has 0 amide bonds. The van der Waals surface area contributed by atoms with Crippen molar-refractivity contribution in [2.75, 3.05) is 20.5 Å². The van der Waals surface area contributed by atoms with Gasteiger partial charge in [0.1, 0.15) is 18.2 Å². The molecule has 0 saturated carbocycles. The molecule has 0 saturated heterocycles. The van der Waals surface area contributed by atoms with Gasteiger partial charge in [-0.3, -0.25) is 4.90 Å². The highest BCUT2D eigenvalue weighted by Crippen LogP contribution is 2.33. The molecule has 132 valence electrons. The van der Waals surface area contributed by atoms with E-state index in [1.807, 2.05) is 15.1 Å². The lowest BCUT2D eigenvalue weighted by Gasteiger charge is -2.26. The normalized spacial score (nSPS) is 18.0. The van der Waals surface area contributed by atoms with Crippen molar-refractivity contribution in [2.24, 2.45) is 0 Å². The third kappa shape index (κ3) is 3.23. The first kappa shape index (κ1) is 17.1. The van der Waals surface area contributed by atoms with Gasteiger partial charge >= 0.3 is 0 Å². The summed E-state index contributed by atoms with van der Waals surface area (Å²) in [6.07, 6.45) is 0. The fourth-order valence-corrected chi connectivity index (χ4v) is 4.87. The van der Waals surface area contributed by atoms with Crippen LogP contribution in [0.15, 0.2) is 46.2 Å². The summed E-state index contributed by atoms with van der Waals surface area (Å²) in [7, 11) is -1.66. The van der Waals surface area contributed by atoms with Gasteiger partial charge in [-0.1, -0.05) is 0 Å². The lowest BCUT2D eigenvalue weighted by molar-refractivity contribution is 0.121. The van der Waals surface area contributed by atoms with E-state index in [1.54, 1.807) is 36.4 Å². The maximum Gasteiger partial charge on any atom is 0.206 e. The van der Waals surface area contributed by atoms with E-state index in [0.29, 0.717) is 26.6 Å². The van der Waals surface area contributed by atoms with Crippen molar-refractivity contribution in [2.45, 2.75) is 22.9 Å². The molecule has 2 aromatic rings. The van der Waals surface area contributed by atoms with Crippen LogP contribution in [-0.2, 0) is 22.9 Å². The molecule has 0 atom stereocenters. The molecule has 0 N–H and O–H groups in total. The van der Waals surface area contributed by atoms with Gasteiger partial charge in [-0.2, -0.15) is 0 Å². The Morgan fingerprint density at radius 1 is 0.920 bits per heavy atom. The zero-order valence-electron chi connectivity index (χ0n) is 13.6. The zero-order chi connectivity index (χ0) is 17.6. The SMILES string of the molecule is CN1COc2ccc(S(=O)(=O)c3ccc4c(c3)CN(I)CO4)cc2C1. The Labute approximate surface area is 160 Å². The van der Waals surface area contributed by atoms with Crippen LogP contribution in [0.1, 0.15) is 11.1 Å². The number of hydrogen-bond donors (Lipinski definition) is 0. The second kappa shape index (κ2) is 6.42. The summed E-state index contributed by atoms with van der Waals surface area (Å²) in [5.41, 5.74) is 1.76. The Bertz CT molecular complexity index is 863. The van der Waals surface area contributed by atoms with Crippen molar-refractivity contribution >= 4 is 32.7 Å². The molecule has 0 radical (unpaired) electrons. The molecule has 2 heterocycles. The van der Waals surface area contributed by atoms with Gasteiger partial charge in [0.2, 0.25) is 9.84 Å². The maximum absolute atomic E-state index is 13.1. The number of sulfone groups is 1. The molecule has 0 fully saturated rings. The summed E-state index contributed by atoms with van der Waals surface area (Å²) in [6, 6.07) is 10.1. The highest BCUT2D eigenvalue weighted by atomic mass is 127. The van der Waals surface area contributed by atoms with Crippen molar-refractivity contribution in [1.29, 1.82) is 0 Å². The number of ether oxygens (including phenoxy) is 2. The van der Waals surface area contributed by atoms with Crippen LogP contribution in [0, 0.1) is 0 Å². The number of rotatable bonds is 2. The van der Waals surface area contributed by atoms with Gasteiger partial charge < -0.3 is 9.47 Å². The zero-order valence-corrected chi connectivity index (χ0v) is 16.6. The van der Waals surface area contributed by atoms with Crippen LogP contribution < -0.4 is 9.47 Å². The fourth-order valence-electron chi connectivity index (χ4n) is 3.00. The van der Waals surface area contributed by atoms with Crippen molar-refractivity contribution < 1.29 is 17.9 Å². The average molecular weight is 472 g/mol. The van der Waals surface area contributed by atoms with Gasteiger partial charge in [-0.25, -0.2) is 11.5 Å². The Balaban J connectivity index is 1.73. The first-order valence-corrected chi connectivity index (χ1v) is 10.2. The average Bonchev–Trinajstić information content (AvgIpc) is 2.60. The highest BCUT2D eigenvalue weighted by Gasteiger charge is 2.24. The molecule has 0 spiro atoms. The minimum Gasteiger partial charge on any atom is -0.478 e. The lowest BCUT2D eigenvalue weighted by atomic mass is 10.2. The molecule has 8 heteroatoms. The van der Waals surface area contributed by atoms with Crippen LogP contribution in [0.25, 0.3) is 0 Å². The number of halogens is 1. The van der Waals surface area contributed by atoms with E-state index in [2.05, 4.69) is 22.9 Å². The van der Waals surface area contributed by atoms with E-state index >= 15 is 0 Å². The van der Waals surface area contributed by atoms with E-state index in [0.717, 1.165) is 22.6 Å². The summed E-state index contributed by atoms with van der Waals surface area (Å²) in [5, 5.41) is 0. The van der Waals surface area contributed by atoms with Gasteiger partial charge in [0, 0.05) is 47.1 Å². The van der Waals surface area contributed by atoms with Crippen molar-refractivity contribution in [1.82, 2.24) is 8.01 Å². The Morgan fingerprint density at radius 3 is 2.12 bits per heavy atom. The van der Waals surface area contributed by atoms with E-state index in [9.17, 15) is 8.42 Å². The van der Waals surface area contributed by atoms with E-state index in [-0.39, 0.29) is 9.79 Å². The number of nitrogens with zero attached hydrogens (tertiary/aromatic N) is 2. The van der Waals surface area contributed by atoms with Crippen molar-refractivity contribution in [3.8, 4) is 11.5 Å². The van der Waals surface area contributed by atoms with Crippen LogP contribution >= 0.6 is 22.9 Å². The monoisotopic (exact) mass is 472 g/mol. The Hall–Kier alpha value is -1.36. The fraction of sp³-hybridized carbons (Fsp3) is 0.294. The first-order valence-electron chi connectivity index (χ1n) is 7.79. The molecule has 2 aliphatic rings. The highest BCUT2D eigenvalue weighted by molar-refractivity contribution is 14.1. The summed E-state index contributed by atoms with van der Waals surface area (Å²) in [5.74, 6) is 1.49. The predicted octanol–water partition coefficient (Wildman–Crippen LogP) is 2.80. The van der Waals surface area contributed by atoms with Crippen LogP contribution in [0.3, 0.4) is 0 Å². The summed E-state index contributed by atoms with van der Waals surface area (Å²) in [6.45, 7) is 2.33. The maximum atomic E-state index is 13.1. The van der Waals surface area contributed by atoms with Crippen molar-refractivity contribution in [3.05, 3.63) is 47.5 Å². The molecule has 0 bridgehead atoms. The molecule has 0 unspecified atom stereocenters. The summed E-state index contributed by atoms with van der Waals surface area (Å²) < 4.78 is 39.3. The molecule has 25 heavy (non-hydrogen) atoms. The molecular formula is C17H17IN2O4S. The van der Waals surface area contributed by atoms with Gasteiger partial charge in [0.15, 0.2) is 6.73 Å². The molecule has 2 aromatic carbocycles. The Kier molecular flexibility index (Phi) is 4.38. The third-order valence-corrected chi connectivity index (χ3v) is 6.64. The topological polar surface area (TPSA) is 59.1 Å². The van der Waals surface area contributed by atoms with E-state index < -0.39 is 9.84 Å². The molecule has 0 aromatic heterocycles. The minimum atomic E-state index is -3.59. The van der Waals surface area contributed by atoms with E-state index in [4.69, 9.17) is 9.47 Å². The number of benzene rings is 2. The summed E-state index contributed by atoms with van der Waals surface area (Å²) >= 11 is 2.16. The number of fused-ring (bicyclic) bond motifs is 2. The molecule has 0 aliphatic carbocycles. The minimum absolute atomic E-state index is 0.284. The number of hydrogen-bond acceptors (Lipinski definition) is 6. The van der Waals surface area contributed by atoms with Crippen LogP contribution in [0.5, 0.6) is 11.5 Å². The Morgan fingerprint density at radius 2 is 1.48 bits per heavy atom. The quantitative estimate of drug-likeness (QED) is 0.495. The third-order valence-electron chi connectivity index (χ3n) is 4.27. The molecule has 6 nitrogen and oxygen atoms in total. The largest absolute Gasteiger partial charge is 0.478 e. The van der Waals surface area contributed by atoms with Crippen LogP contribution in [-0.4, -0.2) is 36.9 Å².